The lowest BCUT2D eigenvalue weighted by atomic mass is 10.1. The van der Waals surface area contributed by atoms with Crippen LogP contribution in [-0.2, 0) is 19.5 Å². The zero-order valence-corrected chi connectivity index (χ0v) is 11.1. The van der Waals surface area contributed by atoms with Crippen LogP contribution >= 0.6 is 0 Å². The van der Waals surface area contributed by atoms with Crippen molar-refractivity contribution in [3.63, 3.8) is 0 Å². The topological polar surface area (TPSA) is 46.8 Å². The fourth-order valence-corrected chi connectivity index (χ4v) is 2.53. The maximum Gasteiger partial charge on any atom is 0.165 e. The van der Waals surface area contributed by atoms with Gasteiger partial charge in [-0.05, 0) is 48.3 Å². The summed E-state index contributed by atoms with van der Waals surface area (Å²) in [6.45, 7) is 4.07. The number of hydrogen-bond donors (Lipinski definition) is 0. The van der Waals surface area contributed by atoms with Crippen LogP contribution in [0.2, 0.25) is 0 Å². The number of rotatable bonds is 5. The van der Waals surface area contributed by atoms with Crippen LogP contribution in [0.25, 0.3) is 0 Å². The van der Waals surface area contributed by atoms with Crippen LogP contribution in [0, 0.1) is 0 Å². The largest absolute Gasteiger partial charge is 0.296 e. The summed E-state index contributed by atoms with van der Waals surface area (Å²) in [5, 5.41) is 12.1. The Hall–Kier alpha value is -1.75. The van der Waals surface area contributed by atoms with Crippen LogP contribution in [0.1, 0.15) is 24.2 Å². The molecule has 3 rings (SSSR count). The lowest BCUT2D eigenvalue weighted by Gasteiger charge is -2.13. The zero-order chi connectivity index (χ0) is 12.9. The predicted octanol–water partition coefficient (Wildman–Crippen LogP) is 1.51. The average molecular weight is 257 g/mol. The van der Waals surface area contributed by atoms with Gasteiger partial charge in [-0.2, -0.15) is 0 Å². The van der Waals surface area contributed by atoms with E-state index in [1.807, 2.05) is 10.7 Å². The Morgan fingerprint density at radius 3 is 2.63 bits per heavy atom. The highest BCUT2D eigenvalue weighted by molar-refractivity contribution is 5.14. The van der Waals surface area contributed by atoms with E-state index in [-0.39, 0.29) is 0 Å². The van der Waals surface area contributed by atoms with Crippen LogP contribution in [0.15, 0.2) is 30.3 Å². The molecule has 1 saturated heterocycles. The Balaban J connectivity index is 1.60. The van der Waals surface area contributed by atoms with E-state index in [0.29, 0.717) is 0 Å². The minimum Gasteiger partial charge on any atom is -0.296 e. The Labute approximate surface area is 113 Å². The van der Waals surface area contributed by atoms with Gasteiger partial charge in [0.25, 0.3) is 0 Å². The molecular weight excluding hydrogens is 238 g/mol. The number of likely N-dealkylation sites (tertiary alicyclic amines) is 1. The molecule has 0 amide bonds. The van der Waals surface area contributed by atoms with Crippen LogP contribution in [-0.4, -0.2) is 38.2 Å². The quantitative estimate of drug-likeness (QED) is 0.814. The van der Waals surface area contributed by atoms with E-state index in [2.05, 4.69) is 44.7 Å². The van der Waals surface area contributed by atoms with Crippen molar-refractivity contribution >= 4 is 0 Å². The molecule has 0 atom stereocenters. The molecule has 100 valence electrons. The first kappa shape index (κ1) is 12.3. The second kappa shape index (κ2) is 5.93. The van der Waals surface area contributed by atoms with Gasteiger partial charge in [-0.3, -0.25) is 4.90 Å². The fraction of sp³-hybridized carbons (Fsp3) is 0.500. The maximum atomic E-state index is 4.15. The molecule has 0 bridgehead atoms. The molecule has 0 radical (unpaired) electrons. The second-order valence-corrected chi connectivity index (χ2v) is 5.04. The first-order valence-corrected chi connectivity index (χ1v) is 6.93. The normalized spacial score (nSPS) is 16.0. The number of nitrogens with zero attached hydrogens (tertiary/aromatic N) is 5. The second-order valence-electron chi connectivity index (χ2n) is 5.04. The van der Waals surface area contributed by atoms with Crippen molar-refractivity contribution in [1.29, 1.82) is 0 Å². The third-order valence-electron chi connectivity index (χ3n) is 3.62. The molecule has 1 fully saturated rings. The molecule has 0 N–H and O–H groups in total. The van der Waals surface area contributed by atoms with Crippen molar-refractivity contribution < 1.29 is 0 Å². The third kappa shape index (κ3) is 3.17. The summed E-state index contributed by atoms with van der Waals surface area (Å²) in [5.74, 6) is 0.984. The fourth-order valence-electron chi connectivity index (χ4n) is 2.53. The summed E-state index contributed by atoms with van der Waals surface area (Å²) in [7, 11) is 0. The minimum atomic E-state index is 0.847. The molecule has 0 saturated carbocycles. The number of aromatic nitrogens is 4. The van der Waals surface area contributed by atoms with Crippen molar-refractivity contribution in [1.82, 2.24) is 25.1 Å². The Morgan fingerprint density at radius 1 is 1.05 bits per heavy atom. The van der Waals surface area contributed by atoms with E-state index in [9.17, 15) is 0 Å². The first-order chi connectivity index (χ1) is 9.42. The molecule has 2 heterocycles. The summed E-state index contributed by atoms with van der Waals surface area (Å²) >= 11 is 0. The molecular formula is C14H19N5. The molecule has 5 nitrogen and oxygen atoms in total. The van der Waals surface area contributed by atoms with Gasteiger partial charge in [0.2, 0.25) is 0 Å². The summed E-state index contributed by atoms with van der Waals surface area (Å²) in [6.07, 6.45) is 3.57. The number of benzene rings is 1. The van der Waals surface area contributed by atoms with Gasteiger partial charge in [0.15, 0.2) is 5.82 Å². The monoisotopic (exact) mass is 257 g/mol. The maximum absolute atomic E-state index is 4.15. The Morgan fingerprint density at radius 2 is 1.84 bits per heavy atom. The van der Waals surface area contributed by atoms with Crippen molar-refractivity contribution in [3.8, 4) is 0 Å². The molecule has 2 aromatic rings. The van der Waals surface area contributed by atoms with Gasteiger partial charge in [-0.1, -0.05) is 30.3 Å². The minimum absolute atomic E-state index is 0.847. The zero-order valence-electron chi connectivity index (χ0n) is 11.1. The molecule has 1 aliphatic heterocycles. The summed E-state index contributed by atoms with van der Waals surface area (Å²) < 4.78 is 1.94. The van der Waals surface area contributed by atoms with Crippen LogP contribution < -0.4 is 0 Å². The Kier molecular flexibility index (Phi) is 3.83. The third-order valence-corrected chi connectivity index (χ3v) is 3.62. The molecule has 0 aliphatic carbocycles. The predicted molar refractivity (Wildman–Crippen MR) is 72.5 cm³/mol. The average Bonchev–Trinajstić information content (AvgIpc) is 3.10. The van der Waals surface area contributed by atoms with E-state index in [1.54, 1.807) is 0 Å². The van der Waals surface area contributed by atoms with Crippen molar-refractivity contribution in [3.05, 3.63) is 41.7 Å². The molecule has 19 heavy (non-hydrogen) atoms. The van der Waals surface area contributed by atoms with Crippen LogP contribution in [0.5, 0.6) is 0 Å². The lowest BCUT2D eigenvalue weighted by Crippen LogP contribution is -2.22. The number of tetrazole rings is 1. The lowest BCUT2D eigenvalue weighted by molar-refractivity contribution is 0.313. The van der Waals surface area contributed by atoms with Crippen molar-refractivity contribution in [2.75, 3.05) is 13.1 Å². The highest BCUT2D eigenvalue weighted by Gasteiger charge is 2.15. The van der Waals surface area contributed by atoms with Gasteiger partial charge in [0, 0.05) is 6.54 Å². The molecule has 1 aromatic heterocycles. The highest BCUT2D eigenvalue weighted by atomic mass is 15.5. The van der Waals surface area contributed by atoms with Gasteiger partial charge < -0.3 is 0 Å². The van der Waals surface area contributed by atoms with Crippen LogP contribution in [0.3, 0.4) is 0 Å². The summed E-state index contributed by atoms with van der Waals surface area (Å²) in [4.78, 5) is 2.42. The molecule has 0 unspecified atom stereocenters. The van der Waals surface area contributed by atoms with Crippen molar-refractivity contribution in [2.24, 2.45) is 0 Å². The van der Waals surface area contributed by atoms with E-state index in [0.717, 1.165) is 25.3 Å². The first-order valence-electron chi connectivity index (χ1n) is 6.93. The standard InChI is InChI=1S/C14H19N5/c1-2-6-13(7-3-1)8-11-19-14(15-16-17-19)12-18-9-4-5-10-18/h1-3,6-7H,4-5,8-12H2. The van der Waals surface area contributed by atoms with Gasteiger partial charge >= 0.3 is 0 Å². The highest BCUT2D eigenvalue weighted by Crippen LogP contribution is 2.11. The van der Waals surface area contributed by atoms with E-state index in [1.165, 1.54) is 31.5 Å². The smallest absolute Gasteiger partial charge is 0.165 e. The Bertz CT molecular complexity index is 502. The molecule has 1 aliphatic rings. The SMILES string of the molecule is c1ccc(CCn2nnnc2CN2CCCC2)cc1. The number of aryl methyl sites for hydroxylation is 2. The molecule has 5 heteroatoms. The van der Waals surface area contributed by atoms with Crippen molar-refractivity contribution in [2.45, 2.75) is 32.4 Å². The van der Waals surface area contributed by atoms with Gasteiger partial charge in [-0.15, -0.1) is 5.10 Å². The number of hydrogen-bond acceptors (Lipinski definition) is 4. The molecule has 1 aromatic carbocycles. The van der Waals surface area contributed by atoms with E-state index in [4.69, 9.17) is 0 Å². The van der Waals surface area contributed by atoms with Gasteiger partial charge in [0.1, 0.15) is 0 Å². The van der Waals surface area contributed by atoms with Gasteiger partial charge in [-0.25, -0.2) is 4.68 Å². The van der Waals surface area contributed by atoms with E-state index < -0.39 is 0 Å². The van der Waals surface area contributed by atoms with Gasteiger partial charge in [0.05, 0.1) is 6.54 Å². The summed E-state index contributed by atoms with van der Waals surface area (Å²) in [5.41, 5.74) is 1.32. The van der Waals surface area contributed by atoms with E-state index >= 15 is 0 Å². The molecule has 0 spiro atoms. The van der Waals surface area contributed by atoms with Crippen LogP contribution in [0.4, 0.5) is 0 Å². The summed E-state index contributed by atoms with van der Waals surface area (Å²) in [6, 6.07) is 10.5.